The molecule has 6 nitrogen and oxygen atoms in total. The molecule has 3 aromatic rings. The summed E-state index contributed by atoms with van der Waals surface area (Å²) >= 11 is 11.3. The Morgan fingerprint density at radius 3 is 2.29 bits per heavy atom. The molecule has 0 radical (unpaired) electrons. The van der Waals surface area contributed by atoms with Gasteiger partial charge in [0.2, 0.25) is 0 Å². The van der Waals surface area contributed by atoms with Gasteiger partial charge in [-0.25, -0.2) is 4.99 Å². The Morgan fingerprint density at radius 2 is 1.77 bits per heavy atom. The van der Waals surface area contributed by atoms with Crippen molar-refractivity contribution in [2.24, 2.45) is 4.99 Å². The van der Waals surface area contributed by atoms with Crippen LogP contribution in [-0.4, -0.2) is 33.7 Å². The summed E-state index contributed by atoms with van der Waals surface area (Å²) < 4.78 is 84.7. The summed E-state index contributed by atoms with van der Waals surface area (Å²) in [5.74, 6) is -1.45. The lowest BCUT2D eigenvalue weighted by Crippen LogP contribution is -2.07. The van der Waals surface area contributed by atoms with Gasteiger partial charge in [-0.15, -0.1) is 4.68 Å². The van der Waals surface area contributed by atoms with Gasteiger partial charge in [0, 0.05) is 6.21 Å². The highest BCUT2D eigenvalue weighted by Gasteiger charge is 2.37. The topological polar surface area (TPSA) is 64.0 Å². The maximum atomic E-state index is 13.2. The number of alkyl halides is 6. The van der Waals surface area contributed by atoms with Crippen LogP contribution in [0.5, 0.6) is 11.5 Å². The van der Waals surface area contributed by atoms with E-state index in [1.165, 1.54) is 25.3 Å². The molecule has 0 saturated carbocycles. The van der Waals surface area contributed by atoms with Gasteiger partial charge < -0.3 is 14.7 Å². The van der Waals surface area contributed by atoms with Crippen LogP contribution in [0.25, 0.3) is 10.5 Å². The number of thioether (sulfide) groups is 1. The van der Waals surface area contributed by atoms with Crippen molar-refractivity contribution in [2.45, 2.75) is 16.6 Å². The van der Waals surface area contributed by atoms with Gasteiger partial charge in [-0.2, -0.15) is 26.3 Å². The molecule has 0 spiro atoms. The highest BCUT2D eigenvalue weighted by atomic mass is 35.5. The van der Waals surface area contributed by atoms with Crippen molar-refractivity contribution < 1.29 is 36.2 Å². The number of benzene rings is 2. The number of ether oxygens (including phenoxy) is 1. The minimum Gasteiger partial charge on any atom is -0.504 e. The zero-order valence-electron chi connectivity index (χ0n) is 17.0. The maximum Gasteiger partial charge on any atom is 0.445 e. The summed E-state index contributed by atoms with van der Waals surface area (Å²) in [7, 11) is 1.28. The molecule has 0 fully saturated rings. The molecule has 1 aromatic heterocycles. The Bertz CT molecular complexity index is 1330. The molecule has 1 N–H and O–H groups in total. The number of methoxy groups -OCH3 is 1. The Hall–Kier alpha value is -3.08. The highest BCUT2D eigenvalue weighted by molar-refractivity contribution is 8.00. The molecule has 2 aromatic carbocycles. The first-order valence-corrected chi connectivity index (χ1v) is 10.6. The number of nitrogens with zero attached hydrogens (tertiary/aromatic N) is 4. The van der Waals surface area contributed by atoms with Gasteiger partial charge in [0.1, 0.15) is 5.69 Å². The predicted molar refractivity (Wildman–Crippen MR) is 119 cm³/mol. The molecule has 0 unspecified atom stereocenters. The van der Waals surface area contributed by atoms with Crippen molar-refractivity contribution in [1.82, 2.24) is 9.78 Å². The molecule has 0 saturated heterocycles. The summed E-state index contributed by atoms with van der Waals surface area (Å²) in [6.07, 6.45) is -3.72. The average molecular weight is 555 g/mol. The fourth-order valence-corrected chi connectivity index (χ4v) is 4.06. The van der Waals surface area contributed by atoms with Crippen molar-refractivity contribution >= 4 is 52.8 Å². The number of hydrogen-bond acceptors (Lipinski definition) is 5. The standard InChI is InChI=1S/C20H10Cl2F6N4O2S/c1-29-17-16(35-20(26,27)28)18(30-8-9-3-4-13(33)14(5-9)34-2)32(31-17)15-11(21)6-10(7-12(15)22)19(23,24)25/h3-8,33H,2H3/b30-8+. The predicted octanol–water partition coefficient (Wildman–Crippen LogP) is 7.83. The molecule has 0 bridgehead atoms. The Kier molecular flexibility index (Phi) is 7.49. The molecule has 0 amide bonds. The van der Waals surface area contributed by atoms with Gasteiger partial charge in [0.05, 0.1) is 27.6 Å². The minimum absolute atomic E-state index is 0.0445. The van der Waals surface area contributed by atoms with E-state index < -0.39 is 61.3 Å². The second-order valence-corrected chi connectivity index (χ2v) is 8.41. The van der Waals surface area contributed by atoms with E-state index in [1.807, 2.05) is 0 Å². The summed E-state index contributed by atoms with van der Waals surface area (Å²) in [6.45, 7) is 7.22. The lowest BCUT2D eigenvalue weighted by atomic mass is 10.2. The van der Waals surface area contributed by atoms with Gasteiger partial charge in [0.25, 0.3) is 0 Å². The first-order valence-electron chi connectivity index (χ1n) is 8.99. The number of aromatic hydroxyl groups is 1. The first kappa shape index (κ1) is 26.5. The third-order valence-corrected chi connectivity index (χ3v) is 5.60. The summed E-state index contributed by atoms with van der Waals surface area (Å²) in [5, 5.41) is 12.3. The van der Waals surface area contributed by atoms with Crippen molar-refractivity contribution in [3.8, 4) is 17.2 Å². The van der Waals surface area contributed by atoms with Gasteiger partial charge in [-0.1, -0.05) is 29.8 Å². The maximum absolute atomic E-state index is 13.2. The Morgan fingerprint density at radius 1 is 1.14 bits per heavy atom. The number of phenols is 1. The molecule has 0 atom stereocenters. The van der Waals surface area contributed by atoms with Crippen molar-refractivity contribution in [1.29, 1.82) is 0 Å². The van der Waals surface area contributed by atoms with Crippen LogP contribution >= 0.6 is 35.0 Å². The van der Waals surface area contributed by atoms with E-state index in [0.717, 1.165) is 6.21 Å². The summed E-state index contributed by atoms with van der Waals surface area (Å²) in [6, 6.07) is 4.99. The minimum atomic E-state index is -4.85. The second-order valence-electron chi connectivity index (χ2n) is 6.52. The lowest BCUT2D eigenvalue weighted by molar-refractivity contribution is -0.137. The molecule has 1 heterocycles. The van der Waals surface area contributed by atoms with E-state index in [1.54, 1.807) is 0 Å². The van der Waals surface area contributed by atoms with Crippen LogP contribution in [0.4, 0.5) is 38.0 Å². The number of halogens is 8. The number of rotatable bonds is 5. The number of hydrogen-bond donors (Lipinski definition) is 1. The number of phenolic OH excluding ortho intramolecular Hbond substituents is 1. The third-order valence-electron chi connectivity index (χ3n) is 4.22. The normalized spacial score (nSPS) is 12.2. The van der Waals surface area contributed by atoms with Gasteiger partial charge in [-0.05, 0) is 52.8 Å². The molecule has 0 aliphatic rings. The monoisotopic (exact) mass is 554 g/mol. The van der Waals surface area contributed by atoms with E-state index in [0.29, 0.717) is 16.8 Å². The molecule has 3 rings (SSSR count). The zero-order valence-corrected chi connectivity index (χ0v) is 19.4. The van der Waals surface area contributed by atoms with Crippen molar-refractivity contribution in [2.75, 3.05) is 7.11 Å². The molecule has 15 heteroatoms. The molecule has 184 valence electrons. The summed E-state index contributed by atoms with van der Waals surface area (Å²) in [5.41, 5.74) is -6.19. The van der Waals surface area contributed by atoms with Crippen LogP contribution in [-0.2, 0) is 6.18 Å². The van der Waals surface area contributed by atoms with E-state index in [-0.39, 0.29) is 17.1 Å². The molecule has 35 heavy (non-hydrogen) atoms. The Labute approximate surface area is 207 Å². The average Bonchev–Trinajstić information content (AvgIpc) is 3.07. The van der Waals surface area contributed by atoms with Gasteiger partial charge in [0.15, 0.2) is 17.3 Å². The van der Waals surface area contributed by atoms with E-state index in [4.69, 9.17) is 34.5 Å². The smallest absolute Gasteiger partial charge is 0.445 e. The molecule has 0 aliphatic carbocycles. The molecular formula is C20H10Cl2F6N4O2S. The number of aliphatic imine (C=N–C) groups is 1. The van der Waals surface area contributed by atoms with Crippen molar-refractivity contribution in [3.63, 3.8) is 0 Å². The largest absolute Gasteiger partial charge is 0.504 e. The SMILES string of the molecule is [C-]#[N+]c1nn(-c2c(Cl)cc(C(F)(F)F)cc2Cl)c(/N=C/c2ccc(O)c(OC)c2)c1SC(F)(F)F. The van der Waals surface area contributed by atoms with Gasteiger partial charge in [-0.3, -0.25) is 0 Å². The van der Waals surface area contributed by atoms with Crippen LogP contribution in [0.2, 0.25) is 10.0 Å². The van der Waals surface area contributed by atoms with Gasteiger partial charge >= 0.3 is 17.5 Å². The third kappa shape index (κ3) is 5.95. The van der Waals surface area contributed by atoms with E-state index in [9.17, 15) is 31.4 Å². The fourth-order valence-electron chi connectivity index (χ4n) is 2.77. The van der Waals surface area contributed by atoms with Crippen LogP contribution < -0.4 is 4.74 Å². The van der Waals surface area contributed by atoms with E-state index in [2.05, 4.69) is 14.9 Å². The van der Waals surface area contributed by atoms with Crippen LogP contribution in [0, 0.1) is 6.57 Å². The van der Waals surface area contributed by atoms with Crippen LogP contribution in [0.15, 0.2) is 40.2 Å². The quantitative estimate of drug-likeness (QED) is 0.151. The lowest BCUT2D eigenvalue weighted by Gasteiger charge is -2.12. The zero-order chi connectivity index (χ0) is 26.1. The van der Waals surface area contributed by atoms with Crippen LogP contribution in [0.1, 0.15) is 11.1 Å². The van der Waals surface area contributed by atoms with Crippen LogP contribution in [0.3, 0.4) is 0 Å². The fraction of sp³-hybridized carbons (Fsp3) is 0.150. The highest BCUT2D eigenvalue weighted by Crippen LogP contribution is 2.48. The van der Waals surface area contributed by atoms with E-state index >= 15 is 0 Å². The van der Waals surface area contributed by atoms with Crippen molar-refractivity contribution in [3.05, 3.63) is 62.9 Å². The summed E-state index contributed by atoms with van der Waals surface area (Å²) in [4.78, 5) is 6.25. The Balaban J connectivity index is 2.26. The molecular weight excluding hydrogens is 545 g/mol. The first-order chi connectivity index (χ1) is 16.2. The second kappa shape index (κ2) is 9.88. The number of aromatic nitrogens is 2. The molecule has 0 aliphatic heterocycles.